The molecule has 9 nitrogen and oxygen atoms in total. The molecule has 40 heavy (non-hydrogen) atoms. The Bertz CT molecular complexity index is 1370. The zero-order chi connectivity index (χ0) is 28.5. The van der Waals surface area contributed by atoms with Gasteiger partial charge in [0.15, 0.2) is 0 Å². The summed E-state index contributed by atoms with van der Waals surface area (Å²) in [6.45, 7) is 5.87. The lowest BCUT2D eigenvalue weighted by Gasteiger charge is -2.38. The highest BCUT2D eigenvalue weighted by atomic mass is 32.2. The number of hydrogen-bond acceptors (Lipinski definition) is 8. The zero-order valence-corrected chi connectivity index (χ0v) is 22.7. The molecule has 0 spiro atoms. The number of ether oxygens (including phenoxy) is 1. The number of nitrogens with zero attached hydrogens (tertiary/aromatic N) is 6. The molecule has 2 aliphatic rings. The number of benzene rings is 1. The Morgan fingerprint density at radius 2 is 1.77 bits per heavy atom. The molecule has 2 saturated heterocycles. The summed E-state index contributed by atoms with van der Waals surface area (Å²) in [7, 11) is 0. The molecule has 0 unspecified atom stereocenters. The molecule has 2 aromatic heterocycles. The van der Waals surface area contributed by atoms with Crippen molar-refractivity contribution in [2.75, 3.05) is 36.2 Å². The van der Waals surface area contributed by atoms with Crippen LogP contribution in [0.1, 0.15) is 19.4 Å². The third-order valence-corrected chi connectivity index (χ3v) is 7.42. The van der Waals surface area contributed by atoms with Gasteiger partial charge in [-0.05, 0) is 79.7 Å². The molecule has 0 atom stereocenters. The second kappa shape index (κ2) is 11.1. The molecule has 210 valence electrons. The molecule has 2 fully saturated rings. The van der Waals surface area contributed by atoms with Gasteiger partial charge in [0.25, 0.3) is 5.91 Å². The van der Waals surface area contributed by atoms with Crippen molar-refractivity contribution < 1.29 is 27.5 Å². The number of hydrazine groups is 1. The summed E-state index contributed by atoms with van der Waals surface area (Å²) in [4.78, 5) is 38.1. The smallest absolute Gasteiger partial charge is 0.379 e. The maximum atomic E-state index is 13.5. The SMILES string of the molecule is CC1(C)C(=O)N(c2ccc(SC(F)(F)F)cc2)C(=O)N1Cc1ccnc(N(c2cccnc2)N2CCOCC2)c1. The minimum Gasteiger partial charge on any atom is -0.379 e. The fourth-order valence-corrected chi connectivity index (χ4v) is 5.20. The summed E-state index contributed by atoms with van der Waals surface area (Å²) in [6, 6.07) is 12.1. The van der Waals surface area contributed by atoms with Gasteiger partial charge in [0.05, 0.1) is 30.8 Å². The van der Waals surface area contributed by atoms with Crippen LogP contribution in [0.25, 0.3) is 0 Å². The Hall–Kier alpha value is -3.68. The highest BCUT2D eigenvalue weighted by molar-refractivity contribution is 8.00. The van der Waals surface area contributed by atoms with Crippen LogP contribution in [-0.4, -0.2) is 69.2 Å². The Balaban J connectivity index is 1.40. The second-order valence-corrected chi connectivity index (χ2v) is 10.9. The van der Waals surface area contributed by atoms with E-state index >= 15 is 0 Å². The number of carbonyl (C=O) groups is 2. The topological polar surface area (TPSA) is 82.1 Å². The van der Waals surface area contributed by atoms with Crippen molar-refractivity contribution in [1.82, 2.24) is 19.9 Å². The van der Waals surface area contributed by atoms with Crippen molar-refractivity contribution in [3.8, 4) is 0 Å². The molecule has 3 amide bonds. The number of halogens is 3. The molecule has 2 aliphatic heterocycles. The van der Waals surface area contributed by atoms with E-state index in [4.69, 9.17) is 4.74 Å². The summed E-state index contributed by atoms with van der Waals surface area (Å²) in [5, 5.41) is 4.08. The third-order valence-electron chi connectivity index (χ3n) is 6.68. The fourth-order valence-electron chi connectivity index (χ4n) is 4.66. The van der Waals surface area contributed by atoms with Gasteiger partial charge in [0.1, 0.15) is 11.4 Å². The third kappa shape index (κ3) is 5.76. The molecule has 0 bridgehead atoms. The van der Waals surface area contributed by atoms with E-state index in [1.807, 2.05) is 23.2 Å². The van der Waals surface area contributed by atoms with E-state index < -0.39 is 23.0 Å². The predicted molar refractivity (Wildman–Crippen MR) is 144 cm³/mol. The fraction of sp³-hybridized carbons (Fsp3) is 0.333. The van der Waals surface area contributed by atoms with Gasteiger partial charge in [0.2, 0.25) is 0 Å². The molecule has 0 radical (unpaired) electrons. The van der Waals surface area contributed by atoms with Crippen LogP contribution < -0.4 is 9.91 Å². The van der Waals surface area contributed by atoms with Crippen LogP contribution in [0.2, 0.25) is 0 Å². The maximum Gasteiger partial charge on any atom is 0.446 e. The molecule has 13 heteroatoms. The molecular weight excluding hydrogens is 545 g/mol. The summed E-state index contributed by atoms with van der Waals surface area (Å²) in [6.07, 6.45) is 5.09. The average Bonchev–Trinajstić information content (AvgIpc) is 3.09. The first-order valence-corrected chi connectivity index (χ1v) is 13.4. The van der Waals surface area contributed by atoms with Crippen LogP contribution in [0.5, 0.6) is 0 Å². The van der Waals surface area contributed by atoms with Gasteiger partial charge >= 0.3 is 11.5 Å². The predicted octanol–water partition coefficient (Wildman–Crippen LogP) is 5.22. The van der Waals surface area contributed by atoms with Gasteiger partial charge in [0, 0.05) is 36.9 Å². The first-order valence-electron chi connectivity index (χ1n) is 12.5. The number of rotatable bonds is 7. The van der Waals surface area contributed by atoms with Gasteiger partial charge < -0.3 is 9.64 Å². The number of alkyl halides is 3. The average molecular weight is 573 g/mol. The Labute approximate surface area is 233 Å². The van der Waals surface area contributed by atoms with E-state index in [9.17, 15) is 22.8 Å². The van der Waals surface area contributed by atoms with Crippen molar-refractivity contribution in [2.24, 2.45) is 0 Å². The molecule has 1 aromatic carbocycles. The molecular formula is C27H27F3N6O3S. The van der Waals surface area contributed by atoms with E-state index in [0.717, 1.165) is 16.2 Å². The molecule has 0 saturated carbocycles. The lowest BCUT2D eigenvalue weighted by Crippen LogP contribution is -2.47. The molecule has 0 N–H and O–H groups in total. The van der Waals surface area contributed by atoms with E-state index in [1.165, 1.54) is 29.2 Å². The monoisotopic (exact) mass is 572 g/mol. The Kier molecular flexibility index (Phi) is 7.71. The lowest BCUT2D eigenvalue weighted by molar-refractivity contribution is -0.123. The Morgan fingerprint density at radius 3 is 2.42 bits per heavy atom. The number of urea groups is 1. The van der Waals surface area contributed by atoms with Crippen LogP contribution in [0.4, 0.5) is 35.2 Å². The molecule has 4 heterocycles. The van der Waals surface area contributed by atoms with Crippen LogP contribution in [0.3, 0.4) is 0 Å². The van der Waals surface area contributed by atoms with Gasteiger partial charge in [-0.25, -0.2) is 19.7 Å². The highest BCUT2D eigenvalue weighted by Crippen LogP contribution is 2.39. The van der Waals surface area contributed by atoms with Crippen LogP contribution >= 0.6 is 11.8 Å². The van der Waals surface area contributed by atoms with Gasteiger partial charge in [-0.15, -0.1) is 0 Å². The summed E-state index contributed by atoms with van der Waals surface area (Å²) in [5.41, 5.74) is -3.84. The zero-order valence-electron chi connectivity index (χ0n) is 21.8. The number of pyridine rings is 2. The number of carbonyl (C=O) groups excluding carboxylic acids is 2. The van der Waals surface area contributed by atoms with Crippen LogP contribution in [-0.2, 0) is 16.1 Å². The minimum absolute atomic E-state index is 0.0331. The minimum atomic E-state index is -4.43. The van der Waals surface area contributed by atoms with Crippen LogP contribution in [0.15, 0.2) is 72.0 Å². The van der Waals surface area contributed by atoms with Crippen LogP contribution in [0, 0.1) is 0 Å². The Morgan fingerprint density at radius 1 is 1.05 bits per heavy atom. The number of thioether (sulfide) groups is 1. The molecule has 0 aliphatic carbocycles. The normalized spacial score (nSPS) is 17.9. The summed E-state index contributed by atoms with van der Waals surface area (Å²) < 4.78 is 43.7. The summed E-state index contributed by atoms with van der Waals surface area (Å²) >= 11 is -0.255. The van der Waals surface area contributed by atoms with E-state index in [1.54, 1.807) is 38.5 Å². The van der Waals surface area contributed by atoms with Crippen molar-refractivity contribution in [3.63, 3.8) is 0 Å². The maximum absolute atomic E-state index is 13.5. The number of amides is 3. The quantitative estimate of drug-likeness (QED) is 0.282. The second-order valence-electron chi connectivity index (χ2n) is 9.72. The van der Waals surface area contributed by atoms with Gasteiger partial charge in [-0.1, -0.05) is 0 Å². The summed E-state index contributed by atoms with van der Waals surface area (Å²) in [5.74, 6) is 0.158. The largest absolute Gasteiger partial charge is 0.446 e. The molecule has 3 aromatic rings. The number of morpholine rings is 1. The highest BCUT2D eigenvalue weighted by Gasteiger charge is 2.51. The van der Waals surface area contributed by atoms with Crippen molar-refractivity contribution in [1.29, 1.82) is 0 Å². The van der Waals surface area contributed by atoms with E-state index in [-0.39, 0.29) is 28.9 Å². The van der Waals surface area contributed by atoms with Crippen molar-refractivity contribution in [2.45, 2.75) is 36.3 Å². The van der Waals surface area contributed by atoms with Gasteiger partial charge in [-0.3, -0.25) is 14.8 Å². The number of aromatic nitrogens is 2. The molecule has 5 rings (SSSR count). The van der Waals surface area contributed by atoms with E-state index in [0.29, 0.717) is 32.1 Å². The number of imide groups is 1. The van der Waals surface area contributed by atoms with E-state index in [2.05, 4.69) is 15.0 Å². The first-order chi connectivity index (χ1) is 19.0. The number of anilines is 3. The standard InChI is InChI=1S/C27H27F3N6O3S/c1-26(2)24(37)35(20-5-7-22(8-6-20)40-27(28,29)30)25(38)34(26)18-19-9-11-32-23(16-19)36(21-4-3-10-31-17-21)33-12-14-39-15-13-33/h3-11,16-17H,12-15,18H2,1-2H3. The lowest BCUT2D eigenvalue weighted by atomic mass is 10.0. The van der Waals surface area contributed by atoms with Crippen molar-refractivity contribution in [3.05, 3.63) is 72.7 Å². The number of hydrogen-bond donors (Lipinski definition) is 0. The van der Waals surface area contributed by atoms with Gasteiger partial charge in [-0.2, -0.15) is 13.2 Å². The van der Waals surface area contributed by atoms with Crippen molar-refractivity contribution >= 4 is 40.9 Å². The first kappa shape index (κ1) is 27.9.